The Morgan fingerprint density at radius 1 is 1.32 bits per heavy atom. The van der Waals surface area contributed by atoms with E-state index in [2.05, 4.69) is 23.2 Å². The lowest BCUT2D eigenvalue weighted by Gasteiger charge is -2.34. The number of rotatable bonds is 5. The fourth-order valence-corrected chi connectivity index (χ4v) is 2.74. The van der Waals surface area contributed by atoms with Gasteiger partial charge in [-0.05, 0) is 56.6 Å². The molecule has 19 heavy (non-hydrogen) atoms. The number of piperidine rings is 1. The highest BCUT2D eigenvalue weighted by atomic mass is 35.5. The molecule has 0 amide bonds. The van der Waals surface area contributed by atoms with Gasteiger partial charge in [-0.15, -0.1) is 12.4 Å². The summed E-state index contributed by atoms with van der Waals surface area (Å²) in [7, 11) is 0. The van der Waals surface area contributed by atoms with E-state index in [1.165, 1.54) is 24.8 Å². The minimum atomic E-state index is 0. The van der Waals surface area contributed by atoms with Crippen LogP contribution in [0.5, 0.6) is 5.75 Å². The summed E-state index contributed by atoms with van der Waals surface area (Å²) in [6.07, 6.45) is 3.65. The van der Waals surface area contributed by atoms with Gasteiger partial charge in [0.25, 0.3) is 0 Å². The van der Waals surface area contributed by atoms with E-state index in [-0.39, 0.29) is 12.4 Å². The molecule has 108 valence electrons. The topological polar surface area (TPSA) is 35.5 Å². The molecule has 1 saturated heterocycles. The number of aromatic hydroxyl groups is 1. The van der Waals surface area contributed by atoms with Gasteiger partial charge in [-0.3, -0.25) is 4.90 Å². The summed E-state index contributed by atoms with van der Waals surface area (Å²) in [5.41, 5.74) is 1.21. The molecule has 1 aromatic rings. The Morgan fingerprint density at radius 2 is 2.05 bits per heavy atom. The second-order valence-electron chi connectivity index (χ2n) is 5.12. The first-order valence-corrected chi connectivity index (χ1v) is 7.02. The van der Waals surface area contributed by atoms with Gasteiger partial charge in [0, 0.05) is 12.6 Å². The van der Waals surface area contributed by atoms with Crippen LogP contribution in [0.4, 0.5) is 0 Å². The summed E-state index contributed by atoms with van der Waals surface area (Å²) in [6.45, 7) is 6.58. The van der Waals surface area contributed by atoms with Crippen molar-refractivity contribution < 1.29 is 5.11 Å². The molecule has 0 unspecified atom stereocenters. The molecule has 0 spiro atoms. The zero-order valence-electron chi connectivity index (χ0n) is 11.6. The summed E-state index contributed by atoms with van der Waals surface area (Å²) in [5.74, 6) is 0.370. The average Bonchev–Trinajstić information content (AvgIpc) is 2.39. The molecule has 4 heteroatoms. The first-order chi connectivity index (χ1) is 8.79. The summed E-state index contributed by atoms with van der Waals surface area (Å²) in [4.78, 5) is 2.57. The van der Waals surface area contributed by atoms with Gasteiger partial charge in [0.15, 0.2) is 0 Å². The maximum Gasteiger partial charge on any atom is 0.115 e. The van der Waals surface area contributed by atoms with Gasteiger partial charge in [-0.2, -0.15) is 0 Å². The second-order valence-corrected chi connectivity index (χ2v) is 5.12. The van der Waals surface area contributed by atoms with Crippen molar-refractivity contribution in [2.24, 2.45) is 0 Å². The maximum absolute atomic E-state index is 9.54. The highest BCUT2D eigenvalue weighted by Gasteiger charge is 2.20. The first-order valence-electron chi connectivity index (χ1n) is 7.02. The molecular formula is C15H25ClN2O. The van der Waals surface area contributed by atoms with Crippen LogP contribution in [0.2, 0.25) is 0 Å². The van der Waals surface area contributed by atoms with E-state index in [4.69, 9.17) is 0 Å². The molecule has 0 aromatic heterocycles. The monoisotopic (exact) mass is 284 g/mol. The van der Waals surface area contributed by atoms with E-state index in [1.54, 1.807) is 6.07 Å². The zero-order valence-corrected chi connectivity index (χ0v) is 12.5. The van der Waals surface area contributed by atoms with Crippen LogP contribution in [-0.4, -0.2) is 35.7 Å². The summed E-state index contributed by atoms with van der Waals surface area (Å²) in [5, 5.41) is 13.0. The molecule has 1 aromatic carbocycles. The molecule has 0 bridgehead atoms. The van der Waals surface area contributed by atoms with E-state index < -0.39 is 0 Å². The Bertz CT molecular complexity index is 367. The van der Waals surface area contributed by atoms with Crippen molar-refractivity contribution in [1.82, 2.24) is 10.2 Å². The Morgan fingerprint density at radius 3 is 2.68 bits per heavy atom. The number of nitrogens with zero attached hydrogens (tertiary/aromatic N) is 1. The minimum absolute atomic E-state index is 0. The third-order valence-electron chi connectivity index (χ3n) is 3.63. The lowest BCUT2D eigenvalue weighted by atomic mass is 10.0. The summed E-state index contributed by atoms with van der Waals surface area (Å²) < 4.78 is 0. The van der Waals surface area contributed by atoms with Crippen LogP contribution >= 0.6 is 12.4 Å². The van der Waals surface area contributed by atoms with Crippen molar-refractivity contribution >= 4 is 12.4 Å². The van der Waals surface area contributed by atoms with E-state index in [9.17, 15) is 5.11 Å². The Balaban J connectivity index is 0.00000180. The van der Waals surface area contributed by atoms with Crippen molar-refractivity contribution in [1.29, 1.82) is 0 Å². The lowest BCUT2D eigenvalue weighted by Crippen LogP contribution is -2.43. The van der Waals surface area contributed by atoms with Gasteiger partial charge in [-0.25, -0.2) is 0 Å². The van der Waals surface area contributed by atoms with Crippen LogP contribution < -0.4 is 5.32 Å². The molecule has 0 atom stereocenters. The van der Waals surface area contributed by atoms with E-state index >= 15 is 0 Å². The van der Waals surface area contributed by atoms with Crippen molar-refractivity contribution in [3.05, 3.63) is 29.8 Å². The third-order valence-corrected chi connectivity index (χ3v) is 3.63. The Hall–Kier alpha value is -0.770. The fourth-order valence-electron chi connectivity index (χ4n) is 2.74. The number of hydrogen-bond acceptors (Lipinski definition) is 3. The molecule has 1 fully saturated rings. The molecule has 3 nitrogen and oxygen atoms in total. The van der Waals surface area contributed by atoms with Gasteiger partial charge < -0.3 is 10.4 Å². The van der Waals surface area contributed by atoms with E-state index in [0.717, 1.165) is 26.2 Å². The Kier molecular flexibility index (Phi) is 7.21. The SMILES string of the molecule is CCCN(Cc1cccc(O)c1)C1CCNCC1.Cl. The third kappa shape index (κ3) is 5.01. The molecule has 1 aliphatic heterocycles. The average molecular weight is 285 g/mol. The molecule has 0 saturated carbocycles. The van der Waals surface area contributed by atoms with Gasteiger partial charge in [0.1, 0.15) is 5.75 Å². The van der Waals surface area contributed by atoms with Gasteiger partial charge in [0.2, 0.25) is 0 Å². The highest BCUT2D eigenvalue weighted by Crippen LogP contribution is 2.18. The van der Waals surface area contributed by atoms with Crippen LogP contribution in [0.25, 0.3) is 0 Å². The smallest absolute Gasteiger partial charge is 0.115 e. The number of halogens is 1. The first kappa shape index (κ1) is 16.3. The van der Waals surface area contributed by atoms with Crippen LogP contribution in [0, 0.1) is 0 Å². The molecule has 0 aliphatic carbocycles. The van der Waals surface area contributed by atoms with Crippen LogP contribution in [0.3, 0.4) is 0 Å². The van der Waals surface area contributed by atoms with Crippen molar-refractivity contribution in [3.8, 4) is 5.75 Å². The lowest BCUT2D eigenvalue weighted by molar-refractivity contribution is 0.154. The molecule has 2 rings (SSSR count). The minimum Gasteiger partial charge on any atom is -0.508 e. The second kappa shape index (κ2) is 8.41. The quantitative estimate of drug-likeness (QED) is 0.873. The zero-order chi connectivity index (χ0) is 12.8. The predicted molar refractivity (Wildman–Crippen MR) is 81.9 cm³/mol. The van der Waals surface area contributed by atoms with Crippen molar-refractivity contribution in [3.63, 3.8) is 0 Å². The van der Waals surface area contributed by atoms with Gasteiger partial charge in [-0.1, -0.05) is 19.1 Å². The number of benzene rings is 1. The number of hydrogen-bond donors (Lipinski definition) is 2. The van der Waals surface area contributed by atoms with Crippen molar-refractivity contribution in [2.75, 3.05) is 19.6 Å². The molecule has 2 N–H and O–H groups in total. The molecule has 1 heterocycles. The fraction of sp³-hybridized carbons (Fsp3) is 0.600. The van der Waals surface area contributed by atoms with E-state index in [1.807, 2.05) is 12.1 Å². The summed E-state index contributed by atoms with van der Waals surface area (Å²) >= 11 is 0. The van der Waals surface area contributed by atoms with Crippen LogP contribution in [0.1, 0.15) is 31.7 Å². The van der Waals surface area contributed by atoms with Crippen molar-refractivity contribution in [2.45, 2.75) is 38.8 Å². The molecule has 0 radical (unpaired) electrons. The number of phenolic OH excluding ortho intramolecular Hbond substituents is 1. The van der Waals surface area contributed by atoms with Gasteiger partial charge >= 0.3 is 0 Å². The predicted octanol–water partition coefficient (Wildman–Crippen LogP) is 2.78. The number of nitrogens with one attached hydrogen (secondary N) is 1. The molecular weight excluding hydrogens is 260 g/mol. The number of phenols is 1. The van der Waals surface area contributed by atoms with E-state index in [0.29, 0.717) is 11.8 Å². The van der Waals surface area contributed by atoms with Crippen LogP contribution in [0.15, 0.2) is 24.3 Å². The summed E-state index contributed by atoms with van der Waals surface area (Å²) in [6, 6.07) is 8.33. The largest absolute Gasteiger partial charge is 0.508 e. The van der Waals surface area contributed by atoms with Gasteiger partial charge in [0.05, 0.1) is 0 Å². The highest BCUT2D eigenvalue weighted by molar-refractivity contribution is 5.85. The maximum atomic E-state index is 9.54. The molecule has 1 aliphatic rings. The normalized spacial score (nSPS) is 16.3. The van der Waals surface area contributed by atoms with Crippen LogP contribution in [-0.2, 0) is 6.54 Å². The Labute approximate surface area is 122 Å². The standard InChI is InChI=1S/C15H24N2O.ClH/c1-2-10-17(14-6-8-16-9-7-14)12-13-4-3-5-15(18)11-13;/h3-5,11,14,16,18H,2,6-10,12H2,1H3;1H.